The van der Waals surface area contributed by atoms with E-state index >= 15 is 0 Å². The van der Waals surface area contributed by atoms with Crippen LogP contribution in [0.25, 0.3) is 0 Å². The van der Waals surface area contributed by atoms with Crippen molar-refractivity contribution >= 4 is 0 Å². The van der Waals surface area contributed by atoms with Crippen LogP contribution in [-0.4, -0.2) is 53.3 Å². The second kappa shape index (κ2) is 12.5. The Bertz CT molecular complexity index is 1510. The van der Waals surface area contributed by atoms with Crippen LogP contribution in [0.2, 0.25) is 0 Å². The Balaban J connectivity index is 1.55. The van der Waals surface area contributed by atoms with Crippen LogP contribution in [0.15, 0.2) is 119 Å². The van der Waals surface area contributed by atoms with E-state index < -0.39 is 41.4 Å². The highest BCUT2D eigenvalue weighted by Gasteiger charge is 2.48. The van der Waals surface area contributed by atoms with Crippen LogP contribution in [0.5, 0.6) is 5.75 Å². The van der Waals surface area contributed by atoms with Crippen LogP contribution in [-0.2, 0) is 19.8 Å². The maximum atomic E-state index is 12.6. The first kappa shape index (κ1) is 28.3. The molecule has 1 aliphatic rings. The topological polar surface area (TPSA) is 112 Å². The van der Waals surface area contributed by atoms with E-state index in [1.54, 1.807) is 13.2 Å². The number of aromatic amines is 1. The van der Waals surface area contributed by atoms with Crippen molar-refractivity contribution in [3.05, 3.63) is 147 Å². The van der Waals surface area contributed by atoms with E-state index in [-0.39, 0.29) is 13.2 Å². The third kappa shape index (κ3) is 5.66. The molecule has 212 valence electrons. The van der Waals surface area contributed by atoms with E-state index in [1.165, 1.54) is 16.8 Å². The lowest BCUT2D eigenvalue weighted by molar-refractivity contribution is -0.0974. The summed E-state index contributed by atoms with van der Waals surface area (Å²) >= 11 is 0. The Morgan fingerprint density at radius 1 is 0.951 bits per heavy atom. The number of hydrogen-bond donors (Lipinski definition) is 2. The first-order valence-corrected chi connectivity index (χ1v) is 13.2. The van der Waals surface area contributed by atoms with Crippen molar-refractivity contribution in [3.63, 3.8) is 0 Å². The van der Waals surface area contributed by atoms with Crippen molar-refractivity contribution < 1.29 is 24.1 Å². The van der Waals surface area contributed by atoms with Gasteiger partial charge in [-0.05, 0) is 28.8 Å². The molecular formula is C32H32N2O7. The first-order chi connectivity index (χ1) is 20.0. The zero-order valence-corrected chi connectivity index (χ0v) is 22.6. The van der Waals surface area contributed by atoms with Crippen molar-refractivity contribution in [2.45, 2.75) is 30.1 Å². The summed E-state index contributed by atoms with van der Waals surface area (Å²) < 4.78 is 25.5. The summed E-state index contributed by atoms with van der Waals surface area (Å²) in [6.07, 6.45) is -1.09. The van der Waals surface area contributed by atoms with Gasteiger partial charge in [0.15, 0.2) is 6.23 Å². The summed E-state index contributed by atoms with van der Waals surface area (Å²) in [6.45, 7) is 3.74. The van der Waals surface area contributed by atoms with Crippen LogP contribution in [0, 0.1) is 0 Å². The molecule has 0 bridgehead atoms. The Morgan fingerprint density at radius 2 is 1.56 bits per heavy atom. The highest BCUT2D eigenvalue weighted by molar-refractivity contribution is 5.48. The molecule has 1 saturated heterocycles. The lowest BCUT2D eigenvalue weighted by Gasteiger charge is -2.37. The molecule has 3 aromatic carbocycles. The molecule has 0 spiro atoms. The van der Waals surface area contributed by atoms with Gasteiger partial charge >= 0.3 is 5.69 Å². The van der Waals surface area contributed by atoms with Crippen LogP contribution < -0.4 is 16.0 Å². The molecular weight excluding hydrogens is 524 g/mol. The number of hydrogen-bond acceptors (Lipinski definition) is 7. The molecule has 1 aromatic heterocycles. The Morgan fingerprint density at radius 3 is 2.12 bits per heavy atom. The number of rotatable bonds is 11. The van der Waals surface area contributed by atoms with Gasteiger partial charge in [0.25, 0.3) is 5.56 Å². The number of ether oxygens (including phenoxy) is 4. The summed E-state index contributed by atoms with van der Waals surface area (Å²) in [7, 11) is 1.61. The van der Waals surface area contributed by atoms with Crippen LogP contribution in [0.4, 0.5) is 0 Å². The van der Waals surface area contributed by atoms with Gasteiger partial charge in [0.2, 0.25) is 0 Å². The normalized spacial score (nSPS) is 20.5. The zero-order valence-electron chi connectivity index (χ0n) is 22.6. The van der Waals surface area contributed by atoms with Crippen molar-refractivity contribution in [2.24, 2.45) is 0 Å². The average molecular weight is 557 g/mol. The van der Waals surface area contributed by atoms with Gasteiger partial charge in [-0.2, -0.15) is 0 Å². The molecule has 4 aromatic rings. The molecule has 4 atom stereocenters. The maximum Gasteiger partial charge on any atom is 0.330 e. The first-order valence-electron chi connectivity index (χ1n) is 13.2. The highest BCUT2D eigenvalue weighted by atomic mass is 16.6. The fraction of sp³-hybridized carbons (Fsp3) is 0.250. The number of aromatic nitrogens is 2. The van der Waals surface area contributed by atoms with E-state index in [2.05, 4.69) is 11.6 Å². The number of benzene rings is 3. The minimum atomic E-state index is -1.15. The smallest absolute Gasteiger partial charge is 0.330 e. The molecule has 41 heavy (non-hydrogen) atoms. The molecule has 1 aliphatic heterocycles. The van der Waals surface area contributed by atoms with Gasteiger partial charge in [-0.25, -0.2) is 4.79 Å². The summed E-state index contributed by atoms with van der Waals surface area (Å²) in [6, 6.07) is 28.5. The summed E-state index contributed by atoms with van der Waals surface area (Å²) in [5.74, 6) is 0.703. The van der Waals surface area contributed by atoms with Gasteiger partial charge in [0, 0.05) is 12.3 Å². The molecule has 2 heterocycles. The fourth-order valence-corrected chi connectivity index (χ4v) is 5.20. The number of methoxy groups -OCH3 is 1. The largest absolute Gasteiger partial charge is 0.497 e. The zero-order chi connectivity index (χ0) is 28.8. The molecule has 0 saturated carbocycles. The second-order valence-electron chi connectivity index (χ2n) is 9.61. The van der Waals surface area contributed by atoms with E-state index in [1.807, 2.05) is 84.9 Å². The summed E-state index contributed by atoms with van der Waals surface area (Å²) in [5, 5.41) is 11.4. The van der Waals surface area contributed by atoms with E-state index in [0.29, 0.717) is 5.75 Å². The predicted octanol–water partition coefficient (Wildman–Crippen LogP) is 3.38. The molecule has 9 heteroatoms. The number of aliphatic hydroxyl groups is 1. The second-order valence-corrected chi connectivity index (χ2v) is 9.61. The van der Waals surface area contributed by atoms with Crippen LogP contribution >= 0.6 is 0 Å². The van der Waals surface area contributed by atoms with E-state index in [0.717, 1.165) is 16.7 Å². The van der Waals surface area contributed by atoms with Crippen LogP contribution in [0.3, 0.4) is 0 Å². The molecule has 2 N–H and O–H groups in total. The van der Waals surface area contributed by atoms with Gasteiger partial charge in [-0.3, -0.25) is 14.3 Å². The summed E-state index contributed by atoms with van der Waals surface area (Å²) in [5.41, 5.74) is 0.291. The molecule has 5 rings (SSSR count). The van der Waals surface area contributed by atoms with E-state index in [9.17, 15) is 14.7 Å². The average Bonchev–Trinajstić information content (AvgIpc) is 3.32. The number of nitrogens with one attached hydrogen (secondary N) is 1. The SMILES string of the molecule is C=CCO[C@@H]1[C@H](O)[C@@H](COC(c2ccccc2)(c2ccccc2)c2ccc(OC)cc2)O[C@H]1n1ccc(=O)[nH]c1=O. The fourth-order valence-electron chi connectivity index (χ4n) is 5.20. The van der Waals surface area contributed by atoms with Gasteiger partial charge in [0.1, 0.15) is 29.7 Å². The van der Waals surface area contributed by atoms with E-state index in [4.69, 9.17) is 18.9 Å². The number of aliphatic hydroxyl groups excluding tert-OH is 1. The molecule has 0 amide bonds. The molecule has 0 aliphatic carbocycles. The quantitative estimate of drug-likeness (QED) is 0.215. The van der Waals surface area contributed by atoms with Crippen molar-refractivity contribution in [1.82, 2.24) is 9.55 Å². The number of nitrogens with zero attached hydrogens (tertiary/aromatic N) is 1. The Hall–Kier alpha value is -4.28. The van der Waals surface area contributed by atoms with Gasteiger partial charge in [0.05, 0.1) is 20.3 Å². The minimum absolute atomic E-state index is 0.0560. The standard InChI is InChI=1S/C32H32N2O7/c1-3-20-39-29-28(36)26(41-30(29)34-19-18-27(35)33-31(34)37)21-40-32(22-10-6-4-7-11-22,23-12-8-5-9-13-23)24-14-16-25(38-2)17-15-24/h3-19,26,28-30,36H,1,20-21H2,2H3,(H,33,35,37)/t26-,28-,29-,30-/m1/s1. The van der Waals surface area contributed by atoms with Crippen LogP contribution in [0.1, 0.15) is 22.9 Å². The Labute approximate surface area is 237 Å². The maximum absolute atomic E-state index is 12.6. The Kier molecular flexibility index (Phi) is 8.61. The summed E-state index contributed by atoms with van der Waals surface area (Å²) in [4.78, 5) is 26.5. The molecule has 0 unspecified atom stereocenters. The van der Waals surface area contributed by atoms with Crippen molar-refractivity contribution in [1.29, 1.82) is 0 Å². The molecule has 0 radical (unpaired) electrons. The minimum Gasteiger partial charge on any atom is -0.497 e. The lowest BCUT2D eigenvalue weighted by Crippen LogP contribution is -2.41. The monoisotopic (exact) mass is 556 g/mol. The molecule has 9 nitrogen and oxygen atoms in total. The van der Waals surface area contributed by atoms with Gasteiger partial charge in [-0.1, -0.05) is 78.9 Å². The highest BCUT2D eigenvalue weighted by Crippen LogP contribution is 2.42. The molecule has 1 fully saturated rings. The van der Waals surface area contributed by atoms with Gasteiger partial charge in [-0.15, -0.1) is 6.58 Å². The predicted molar refractivity (Wildman–Crippen MR) is 153 cm³/mol. The third-order valence-electron chi connectivity index (χ3n) is 7.17. The van der Waals surface area contributed by atoms with Crippen molar-refractivity contribution in [3.8, 4) is 5.75 Å². The van der Waals surface area contributed by atoms with Crippen molar-refractivity contribution in [2.75, 3.05) is 20.3 Å². The third-order valence-corrected chi connectivity index (χ3v) is 7.17. The van der Waals surface area contributed by atoms with Gasteiger partial charge < -0.3 is 24.1 Å². The lowest BCUT2D eigenvalue weighted by atomic mass is 9.80. The number of H-pyrrole nitrogens is 1.